The molecular formula is C6H12O4Si. The highest BCUT2D eigenvalue weighted by atomic mass is 28.4. The lowest BCUT2D eigenvalue weighted by atomic mass is 10.5. The average Bonchev–Trinajstić information content (AvgIpc) is 1.80. The van der Waals surface area contributed by atoms with Gasteiger partial charge in [0.2, 0.25) is 14.1 Å². The Hall–Kier alpha value is -0.683. The molecule has 5 heteroatoms. The number of ketones is 1. The van der Waals surface area contributed by atoms with E-state index in [-0.39, 0.29) is 0 Å². The fourth-order valence-corrected chi connectivity index (χ4v) is 0.547. The van der Waals surface area contributed by atoms with Gasteiger partial charge in [-0.15, -0.1) is 0 Å². The number of carbonyl (C=O) groups excluding carboxylic acids is 2. The highest BCUT2D eigenvalue weighted by Gasteiger charge is 2.20. The van der Waals surface area contributed by atoms with Crippen LogP contribution in [0.3, 0.4) is 0 Å². The van der Waals surface area contributed by atoms with Crippen molar-refractivity contribution in [2.45, 2.75) is 26.6 Å². The van der Waals surface area contributed by atoms with Crippen molar-refractivity contribution in [2.75, 3.05) is 0 Å². The van der Waals surface area contributed by atoms with Crippen molar-refractivity contribution in [1.82, 2.24) is 0 Å². The van der Waals surface area contributed by atoms with Crippen LogP contribution in [0.4, 0.5) is 0 Å². The van der Waals surface area contributed by atoms with E-state index in [1.54, 1.807) is 0 Å². The Labute approximate surface area is 66.5 Å². The molecule has 0 aliphatic rings. The third-order valence-corrected chi connectivity index (χ3v) is 1.24. The Balaban J connectivity index is 3.73. The summed E-state index contributed by atoms with van der Waals surface area (Å²) in [4.78, 5) is 25.1. The quantitative estimate of drug-likeness (QED) is 0.277. The molecule has 0 N–H and O–H groups in total. The topological polar surface area (TPSA) is 52.6 Å². The zero-order chi connectivity index (χ0) is 9.07. The summed E-state index contributed by atoms with van der Waals surface area (Å²) in [5, 5.41) is 0. The van der Waals surface area contributed by atoms with Crippen LogP contribution >= 0.6 is 0 Å². The zero-order valence-corrected chi connectivity index (χ0v) is 8.13. The van der Waals surface area contributed by atoms with Gasteiger partial charge in [-0.1, -0.05) is 0 Å². The van der Waals surface area contributed by atoms with Crippen LogP contribution < -0.4 is 0 Å². The van der Waals surface area contributed by atoms with Crippen LogP contribution in [0.25, 0.3) is 0 Å². The van der Waals surface area contributed by atoms with Crippen LogP contribution in [0.1, 0.15) is 6.92 Å². The molecule has 0 aliphatic heterocycles. The molecule has 0 atom stereocenters. The van der Waals surface area contributed by atoms with Gasteiger partial charge >= 0.3 is 5.97 Å². The number of rotatable bonds is 3. The van der Waals surface area contributed by atoms with Gasteiger partial charge in [-0.2, -0.15) is 0 Å². The van der Waals surface area contributed by atoms with E-state index in [2.05, 4.69) is 4.89 Å². The Bertz CT molecular complexity index is 170. The maximum atomic E-state index is 10.5. The first-order valence-electron chi connectivity index (χ1n) is 3.23. The van der Waals surface area contributed by atoms with E-state index in [9.17, 15) is 9.59 Å². The summed E-state index contributed by atoms with van der Waals surface area (Å²) in [6, 6.07) is 0. The second-order valence-corrected chi connectivity index (χ2v) is 7.51. The Morgan fingerprint density at radius 1 is 1.18 bits per heavy atom. The molecule has 0 aromatic carbocycles. The highest BCUT2D eigenvalue weighted by molar-refractivity contribution is 6.69. The molecule has 0 aliphatic carbocycles. The van der Waals surface area contributed by atoms with Gasteiger partial charge in [0.15, 0.2) is 0 Å². The molecular weight excluding hydrogens is 164 g/mol. The van der Waals surface area contributed by atoms with Gasteiger partial charge in [0, 0.05) is 6.92 Å². The Morgan fingerprint density at radius 2 is 1.64 bits per heavy atom. The molecule has 0 spiro atoms. The molecule has 0 heterocycles. The van der Waals surface area contributed by atoms with Gasteiger partial charge in [0.05, 0.1) is 0 Å². The predicted molar refractivity (Wildman–Crippen MR) is 41.2 cm³/mol. The fraction of sp³-hybridized carbons (Fsp3) is 0.667. The molecule has 0 radical (unpaired) electrons. The van der Waals surface area contributed by atoms with Crippen LogP contribution in [-0.2, 0) is 19.1 Å². The number of Topliss-reactive ketones (excluding diaryl/α,β-unsaturated/α-hetero) is 1. The molecule has 0 bridgehead atoms. The van der Waals surface area contributed by atoms with Gasteiger partial charge in [0.25, 0.3) is 0 Å². The number of hydrogen-bond acceptors (Lipinski definition) is 4. The summed E-state index contributed by atoms with van der Waals surface area (Å²) < 4.78 is 4.72. The third kappa shape index (κ3) is 5.75. The summed E-state index contributed by atoms with van der Waals surface area (Å²) in [5.74, 6) is -1.59. The Kier molecular flexibility index (Phi) is 3.41. The van der Waals surface area contributed by atoms with E-state index in [0.717, 1.165) is 6.92 Å². The second kappa shape index (κ2) is 3.63. The minimum Gasteiger partial charge on any atom is -0.301 e. The zero-order valence-electron chi connectivity index (χ0n) is 7.13. The van der Waals surface area contributed by atoms with Gasteiger partial charge in [-0.25, -0.2) is 9.37 Å². The maximum absolute atomic E-state index is 10.5. The van der Waals surface area contributed by atoms with Crippen LogP contribution in [0, 0.1) is 0 Å². The number of hydrogen-bond donors (Lipinski definition) is 0. The van der Waals surface area contributed by atoms with E-state index < -0.39 is 20.1 Å². The number of carbonyl (C=O) groups is 2. The van der Waals surface area contributed by atoms with Gasteiger partial charge in [-0.05, 0) is 19.6 Å². The van der Waals surface area contributed by atoms with Gasteiger partial charge in [0.1, 0.15) is 0 Å². The van der Waals surface area contributed by atoms with E-state index in [0.29, 0.717) is 0 Å². The largest absolute Gasteiger partial charge is 0.406 e. The average molecular weight is 176 g/mol. The summed E-state index contributed by atoms with van der Waals surface area (Å²) in [5.41, 5.74) is 0. The van der Waals surface area contributed by atoms with E-state index in [4.69, 9.17) is 4.58 Å². The standard InChI is InChI=1S/C6H12O4Si/c1-5(7)6(8)9-10-11(2,3)4/h1-4H3. The van der Waals surface area contributed by atoms with Crippen molar-refractivity contribution in [2.24, 2.45) is 0 Å². The summed E-state index contributed by atoms with van der Waals surface area (Å²) in [6.07, 6.45) is 0. The fourth-order valence-electron chi connectivity index (χ4n) is 0.222. The molecule has 0 fully saturated rings. The second-order valence-electron chi connectivity index (χ2n) is 3.12. The van der Waals surface area contributed by atoms with Crippen LogP contribution in [0.5, 0.6) is 0 Å². The normalized spacial score (nSPS) is 10.9. The van der Waals surface area contributed by atoms with Crippen molar-refractivity contribution in [1.29, 1.82) is 0 Å². The first-order chi connectivity index (χ1) is 4.83. The molecule has 0 aromatic heterocycles. The van der Waals surface area contributed by atoms with Crippen molar-refractivity contribution in [3.63, 3.8) is 0 Å². The lowest BCUT2D eigenvalue weighted by molar-refractivity contribution is -0.218. The third-order valence-electron chi connectivity index (χ3n) is 0.655. The molecule has 64 valence electrons. The monoisotopic (exact) mass is 176 g/mol. The van der Waals surface area contributed by atoms with E-state index in [1.807, 2.05) is 19.6 Å². The molecule has 0 unspecified atom stereocenters. The summed E-state index contributed by atoms with van der Waals surface area (Å²) in [6.45, 7) is 6.68. The van der Waals surface area contributed by atoms with Gasteiger partial charge in [-0.3, -0.25) is 4.79 Å². The summed E-state index contributed by atoms with van der Waals surface area (Å²) in [7, 11) is -1.86. The molecule has 0 aromatic rings. The van der Waals surface area contributed by atoms with Crippen LogP contribution in [0.2, 0.25) is 19.6 Å². The highest BCUT2D eigenvalue weighted by Crippen LogP contribution is 2.02. The van der Waals surface area contributed by atoms with Gasteiger partial charge < -0.3 is 4.89 Å². The van der Waals surface area contributed by atoms with Crippen LogP contribution in [0.15, 0.2) is 0 Å². The van der Waals surface area contributed by atoms with Crippen molar-refractivity contribution >= 4 is 20.1 Å². The maximum Gasteiger partial charge on any atom is 0.406 e. The minimum absolute atomic E-state index is 0.650. The van der Waals surface area contributed by atoms with E-state index >= 15 is 0 Å². The molecule has 0 saturated heterocycles. The smallest absolute Gasteiger partial charge is 0.301 e. The first kappa shape index (κ1) is 10.3. The summed E-state index contributed by atoms with van der Waals surface area (Å²) >= 11 is 0. The lowest BCUT2D eigenvalue weighted by Gasteiger charge is -2.13. The first-order valence-corrected chi connectivity index (χ1v) is 6.64. The van der Waals surface area contributed by atoms with Crippen LogP contribution in [-0.4, -0.2) is 20.1 Å². The van der Waals surface area contributed by atoms with Crippen molar-refractivity contribution in [3.8, 4) is 0 Å². The predicted octanol–water partition coefficient (Wildman–Crippen LogP) is 0.885. The molecule has 0 saturated carbocycles. The van der Waals surface area contributed by atoms with Crippen molar-refractivity contribution < 1.29 is 19.1 Å². The molecule has 0 rings (SSSR count). The van der Waals surface area contributed by atoms with Crippen molar-refractivity contribution in [3.05, 3.63) is 0 Å². The Morgan fingerprint density at radius 3 is 1.91 bits per heavy atom. The lowest BCUT2D eigenvalue weighted by Crippen LogP contribution is -2.28. The molecule has 4 nitrogen and oxygen atoms in total. The molecule has 0 amide bonds. The molecule has 11 heavy (non-hydrogen) atoms. The minimum atomic E-state index is -1.86. The van der Waals surface area contributed by atoms with E-state index in [1.165, 1.54) is 0 Å². The SMILES string of the molecule is CC(=O)C(=O)OO[Si](C)(C)C.